The number of esters is 2. The first-order valence-electron chi connectivity index (χ1n) is 11.2. The highest BCUT2D eigenvalue weighted by Gasteiger charge is 2.25. The second-order valence-electron chi connectivity index (χ2n) is 8.07. The van der Waals surface area contributed by atoms with Crippen molar-refractivity contribution in [2.75, 3.05) is 26.0 Å². The number of nitrogens with two attached hydrogens (primary N) is 1. The normalized spacial score (nSPS) is 11.2. The Hall–Kier alpha value is -3.98. The topological polar surface area (TPSA) is 186 Å². The number of sulfonamides is 1. The molecule has 0 atom stereocenters. The average molecular weight is 613 g/mol. The van der Waals surface area contributed by atoms with E-state index in [1.54, 1.807) is 30.3 Å². The summed E-state index contributed by atoms with van der Waals surface area (Å²) in [5.74, 6) is -3.71. The summed E-state index contributed by atoms with van der Waals surface area (Å²) in [6.45, 7) is -2.84. The number of hydrogen-bond acceptors (Lipinski definition) is 10. The number of ketones is 1. The van der Waals surface area contributed by atoms with Crippen LogP contribution in [0.25, 0.3) is 0 Å². The van der Waals surface area contributed by atoms with Gasteiger partial charge in [0.2, 0.25) is 15.8 Å². The van der Waals surface area contributed by atoms with Gasteiger partial charge in [0, 0.05) is 0 Å². The number of hydrogen-bond donors (Lipinski definition) is 2. The molecule has 0 aliphatic rings. The van der Waals surface area contributed by atoms with Crippen molar-refractivity contribution in [3.63, 3.8) is 0 Å². The lowest BCUT2D eigenvalue weighted by atomic mass is 10.2. The standard InChI is InChI=1S/C24H22Cl2N4O9S/c1-38-20(33)12-30-23(34)21(22(27)29(24(30)35)11-14-5-3-2-4-6-14)18(31)13-39-19(32)10-28-40(36,37)15-7-8-16(25)17(26)9-15/h2-9,28H,10-13,27H2,1H3. The van der Waals surface area contributed by atoms with Crippen LogP contribution in [0.3, 0.4) is 0 Å². The number of benzene rings is 2. The Morgan fingerprint density at radius 3 is 2.27 bits per heavy atom. The fourth-order valence-electron chi connectivity index (χ4n) is 3.38. The van der Waals surface area contributed by atoms with Gasteiger partial charge in [-0.25, -0.2) is 17.8 Å². The Labute approximate surface area is 237 Å². The SMILES string of the molecule is COC(=O)Cn1c(=O)c(C(=O)COC(=O)CNS(=O)(=O)c2ccc(Cl)c(Cl)c2)c(N)n(Cc2ccccc2)c1=O. The molecule has 3 N–H and O–H groups in total. The third kappa shape index (κ3) is 7.15. The molecule has 0 bridgehead atoms. The maximum absolute atomic E-state index is 13.0. The van der Waals surface area contributed by atoms with Crippen LogP contribution in [-0.2, 0) is 42.2 Å². The summed E-state index contributed by atoms with van der Waals surface area (Å²) in [6, 6.07) is 12.0. The van der Waals surface area contributed by atoms with E-state index in [4.69, 9.17) is 33.7 Å². The molecule has 0 aliphatic carbocycles. The van der Waals surface area contributed by atoms with Crippen LogP contribution >= 0.6 is 23.2 Å². The van der Waals surface area contributed by atoms with E-state index in [2.05, 4.69) is 4.74 Å². The van der Waals surface area contributed by atoms with E-state index < -0.39 is 70.1 Å². The number of carbonyl (C=O) groups excluding carboxylic acids is 3. The van der Waals surface area contributed by atoms with Crippen LogP contribution in [-0.4, -0.2) is 55.5 Å². The van der Waals surface area contributed by atoms with Gasteiger partial charge in [-0.05, 0) is 23.8 Å². The number of methoxy groups -OCH3 is 1. The molecule has 0 aliphatic heterocycles. The van der Waals surface area contributed by atoms with E-state index in [0.29, 0.717) is 10.1 Å². The van der Waals surface area contributed by atoms with E-state index in [0.717, 1.165) is 23.8 Å². The number of aromatic nitrogens is 2. The minimum Gasteiger partial charge on any atom is -0.468 e. The smallest absolute Gasteiger partial charge is 0.333 e. The van der Waals surface area contributed by atoms with Crippen LogP contribution in [0, 0.1) is 0 Å². The van der Waals surface area contributed by atoms with Crippen LogP contribution in [0.4, 0.5) is 5.82 Å². The number of anilines is 1. The molecule has 212 valence electrons. The second kappa shape index (κ2) is 12.9. The van der Waals surface area contributed by atoms with Crippen molar-refractivity contribution in [3.05, 3.63) is 90.5 Å². The van der Waals surface area contributed by atoms with Gasteiger partial charge in [-0.2, -0.15) is 4.72 Å². The number of nitrogens with zero attached hydrogens (tertiary/aromatic N) is 2. The van der Waals surface area contributed by atoms with Crippen molar-refractivity contribution < 1.29 is 32.3 Å². The highest BCUT2D eigenvalue weighted by atomic mass is 35.5. The second-order valence-corrected chi connectivity index (χ2v) is 10.6. The van der Waals surface area contributed by atoms with Gasteiger partial charge in [0.25, 0.3) is 5.56 Å². The molecular weight excluding hydrogens is 591 g/mol. The molecule has 40 heavy (non-hydrogen) atoms. The average Bonchev–Trinajstić information content (AvgIpc) is 2.93. The zero-order valence-corrected chi connectivity index (χ0v) is 23.1. The molecular formula is C24H22Cl2N4O9S. The van der Waals surface area contributed by atoms with Crippen molar-refractivity contribution in [3.8, 4) is 0 Å². The minimum absolute atomic E-state index is 0.0261. The summed E-state index contributed by atoms with van der Waals surface area (Å²) in [7, 11) is -3.14. The number of carbonyl (C=O) groups is 3. The summed E-state index contributed by atoms with van der Waals surface area (Å²) in [5, 5.41) is 0.0975. The van der Waals surface area contributed by atoms with Crippen LogP contribution in [0.15, 0.2) is 63.0 Å². The molecule has 0 amide bonds. The number of ether oxygens (including phenoxy) is 2. The van der Waals surface area contributed by atoms with Gasteiger partial charge >= 0.3 is 17.6 Å². The first-order chi connectivity index (χ1) is 18.9. The molecule has 0 unspecified atom stereocenters. The fraction of sp³-hybridized carbons (Fsp3) is 0.208. The van der Waals surface area contributed by atoms with Crippen molar-refractivity contribution in [2.24, 2.45) is 0 Å². The van der Waals surface area contributed by atoms with E-state index in [1.807, 2.05) is 4.72 Å². The van der Waals surface area contributed by atoms with Gasteiger partial charge in [0.1, 0.15) is 24.5 Å². The Morgan fingerprint density at radius 2 is 1.65 bits per heavy atom. The zero-order valence-electron chi connectivity index (χ0n) is 20.8. The van der Waals surface area contributed by atoms with Gasteiger partial charge < -0.3 is 15.2 Å². The van der Waals surface area contributed by atoms with Gasteiger partial charge in [-0.1, -0.05) is 53.5 Å². The quantitative estimate of drug-likeness (QED) is 0.232. The zero-order chi connectivity index (χ0) is 29.6. The lowest BCUT2D eigenvalue weighted by Gasteiger charge is -2.16. The largest absolute Gasteiger partial charge is 0.468 e. The van der Waals surface area contributed by atoms with Gasteiger partial charge in [0.05, 0.1) is 28.6 Å². The van der Waals surface area contributed by atoms with Crippen molar-refractivity contribution in [1.82, 2.24) is 13.9 Å². The molecule has 0 saturated heterocycles. The van der Waals surface area contributed by atoms with E-state index in [-0.39, 0.29) is 21.5 Å². The van der Waals surface area contributed by atoms with Gasteiger partial charge in [-0.3, -0.25) is 23.7 Å². The maximum Gasteiger partial charge on any atom is 0.333 e. The summed E-state index contributed by atoms with van der Waals surface area (Å²) in [5.41, 5.74) is 3.76. The number of rotatable bonds is 11. The molecule has 16 heteroatoms. The molecule has 3 aromatic rings. The first-order valence-corrected chi connectivity index (χ1v) is 13.5. The van der Waals surface area contributed by atoms with Crippen molar-refractivity contribution in [1.29, 1.82) is 0 Å². The summed E-state index contributed by atoms with van der Waals surface area (Å²) < 4.78 is 37.5. The Balaban J connectivity index is 1.82. The molecule has 13 nitrogen and oxygen atoms in total. The number of nitrogens with one attached hydrogen (secondary N) is 1. The molecule has 3 rings (SSSR count). The van der Waals surface area contributed by atoms with Gasteiger partial charge in [0.15, 0.2) is 6.61 Å². The highest BCUT2D eigenvalue weighted by Crippen LogP contribution is 2.24. The number of halogens is 2. The molecule has 0 saturated carbocycles. The summed E-state index contributed by atoms with van der Waals surface area (Å²) in [6.07, 6.45) is 0. The fourth-order valence-corrected chi connectivity index (χ4v) is 4.74. The number of nitrogen functional groups attached to an aromatic ring is 1. The van der Waals surface area contributed by atoms with E-state index in [1.165, 1.54) is 6.07 Å². The number of Topliss-reactive ketones (excluding diaryl/α,β-unsaturated/α-hetero) is 1. The van der Waals surface area contributed by atoms with Gasteiger partial charge in [-0.15, -0.1) is 0 Å². The third-order valence-electron chi connectivity index (χ3n) is 5.42. The summed E-state index contributed by atoms with van der Waals surface area (Å²) in [4.78, 5) is 62.7. The van der Waals surface area contributed by atoms with E-state index in [9.17, 15) is 32.4 Å². The lowest BCUT2D eigenvalue weighted by Crippen LogP contribution is -2.46. The molecule has 0 fully saturated rings. The first kappa shape index (κ1) is 30.6. The van der Waals surface area contributed by atoms with Crippen molar-refractivity contribution in [2.45, 2.75) is 18.0 Å². The summed E-state index contributed by atoms with van der Waals surface area (Å²) >= 11 is 11.6. The van der Waals surface area contributed by atoms with Crippen LogP contribution in [0.2, 0.25) is 10.0 Å². The van der Waals surface area contributed by atoms with Crippen LogP contribution in [0.5, 0.6) is 0 Å². The molecule has 2 aromatic carbocycles. The van der Waals surface area contributed by atoms with Crippen molar-refractivity contribution >= 4 is 56.8 Å². The Kier molecular flexibility index (Phi) is 9.87. The monoisotopic (exact) mass is 612 g/mol. The Morgan fingerprint density at radius 1 is 0.975 bits per heavy atom. The maximum atomic E-state index is 13.0. The molecule has 0 radical (unpaired) electrons. The molecule has 1 heterocycles. The van der Waals surface area contributed by atoms with E-state index >= 15 is 0 Å². The Bertz CT molecular complexity index is 1690. The van der Waals surface area contributed by atoms with Crippen LogP contribution < -0.4 is 21.7 Å². The lowest BCUT2D eigenvalue weighted by molar-refractivity contribution is -0.142. The van der Waals surface area contributed by atoms with Crippen LogP contribution in [0.1, 0.15) is 15.9 Å². The molecule has 0 spiro atoms. The highest BCUT2D eigenvalue weighted by molar-refractivity contribution is 7.89. The predicted molar refractivity (Wildman–Crippen MR) is 144 cm³/mol. The third-order valence-corrected chi connectivity index (χ3v) is 7.56. The molecule has 1 aromatic heterocycles. The predicted octanol–water partition coefficient (Wildman–Crippen LogP) is 0.825. The minimum atomic E-state index is -4.19.